The maximum Gasteiger partial charge on any atom is 0.490 e. The number of aromatic nitrogens is 4. The summed E-state index contributed by atoms with van der Waals surface area (Å²) in [6.07, 6.45) is 2.20. The van der Waals surface area contributed by atoms with Gasteiger partial charge in [0, 0.05) is 23.8 Å². The number of carbonyl (C=O) groups excluding carboxylic acids is 1. The zero-order valence-corrected chi connectivity index (χ0v) is 16.6. The van der Waals surface area contributed by atoms with Gasteiger partial charge in [0.2, 0.25) is 0 Å². The molecule has 1 aromatic carbocycles. The predicted molar refractivity (Wildman–Crippen MR) is 108 cm³/mol. The Labute approximate surface area is 171 Å². The number of hydrogen-bond acceptors (Lipinski definition) is 8. The third-order valence-corrected chi connectivity index (χ3v) is 5.32. The molecule has 4 rings (SSSR count). The highest BCUT2D eigenvalue weighted by molar-refractivity contribution is 6.59. The molecular weight excluding hydrogens is 391 g/mol. The van der Waals surface area contributed by atoms with Crippen molar-refractivity contribution >= 4 is 29.6 Å². The molecule has 0 aliphatic carbocycles. The van der Waals surface area contributed by atoms with Gasteiger partial charge in [-0.15, -0.1) is 0 Å². The summed E-state index contributed by atoms with van der Waals surface area (Å²) in [4.78, 5) is 29.2. The molecule has 1 fully saturated rings. The first-order chi connectivity index (χ1) is 14.4. The van der Waals surface area contributed by atoms with Crippen LogP contribution >= 0.6 is 0 Å². The minimum atomic E-state index is -1.77. The smallest absolute Gasteiger partial charge is 0.465 e. The monoisotopic (exact) mass is 412 g/mol. The van der Waals surface area contributed by atoms with Crippen molar-refractivity contribution in [2.45, 2.75) is 32.5 Å². The SMILES string of the molecule is COC(=O)c1ccc2nc(Cn3ncc(B(O)O)c(C)c3=O)n(C[C@@H]3CCO3)c2c1. The zero-order chi connectivity index (χ0) is 21.4. The summed E-state index contributed by atoms with van der Waals surface area (Å²) in [5.74, 6) is 0.131. The van der Waals surface area contributed by atoms with Crippen LogP contribution in [-0.2, 0) is 22.6 Å². The van der Waals surface area contributed by atoms with Crippen LogP contribution in [0.5, 0.6) is 0 Å². The van der Waals surface area contributed by atoms with Crippen molar-refractivity contribution in [3.05, 3.63) is 51.7 Å². The van der Waals surface area contributed by atoms with Crippen LogP contribution in [0.25, 0.3) is 11.0 Å². The summed E-state index contributed by atoms with van der Waals surface area (Å²) < 4.78 is 13.5. The zero-order valence-electron chi connectivity index (χ0n) is 16.6. The van der Waals surface area contributed by atoms with Gasteiger partial charge in [-0.25, -0.2) is 14.5 Å². The van der Waals surface area contributed by atoms with Crippen molar-refractivity contribution in [1.29, 1.82) is 0 Å². The maximum atomic E-state index is 12.7. The van der Waals surface area contributed by atoms with Crippen LogP contribution < -0.4 is 11.0 Å². The number of esters is 1. The molecule has 0 spiro atoms. The molecular formula is C19H21BN4O6. The van der Waals surface area contributed by atoms with Gasteiger partial charge in [-0.3, -0.25) is 4.79 Å². The lowest BCUT2D eigenvalue weighted by Crippen LogP contribution is -2.41. The van der Waals surface area contributed by atoms with Gasteiger partial charge >= 0.3 is 13.1 Å². The summed E-state index contributed by atoms with van der Waals surface area (Å²) >= 11 is 0. The average Bonchev–Trinajstić information content (AvgIpc) is 3.03. The molecule has 3 aromatic rings. The van der Waals surface area contributed by atoms with Gasteiger partial charge in [0.1, 0.15) is 12.4 Å². The fourth-order valence-corrected chi connectivity index (χ4v) is 3.48. The Hall–Kier alpha value is -3.02. The number of nitrogens with zero attached hydrogens (tertiary/aromatic N) is 4. The molecule has 10 nitrogen and oxygen atoms in total. The minimum absolute atomic E-state index is 0.0289. The van der Waals surface area contributed by atoms with E-state index in [1.165, 1.54) is 24.9 Å². The van der Waals surface area contributed by atoms with E-state index in [2.05, 4.69) is 10.1 Å². The number of hydrogen-bond donors (Lipinski definition) is 2. The van der Waals surface area contributed by atoms with Crippen molar-refractivity contribution in [2.75, 3.05) is 13.7 Å². The first-order valence-corrected chi connectivity index (χ1v) is 9.51. The van der Waals surface area contributed by atoms with Crippen molar-refractivity contribution in [3.8, 4) is 0 Å². The minimum Gasteiger partial charge on any atom is -0.465 e. The Bertz CT molecular complexity index is 1170. The van der Waals surface area contributed by atoms with Crippen LogP contribution in [0.2, 0.25) is 0 Å². The van der Waals surface area contributed by atoms with Crippen LogP contribution in [0.1, 0.15) is 28.2 Å². The predicted octanol–water partition coefficient (Wildman–Crippen LogP) is -0.795. The second kappa shape index (κ2) is 8.02. The molecule has 3 heterocycles. The Balaban J connectivity index is 1.78. The van der Waals surface area contributed by atoms with Gasteiger partial charge < -0.3 is 24.1 Å². The molecule has 2 aromatic heterocycles. The molecule has 1 atom stereocenters. The molecule has 11 heteroatoms. The number of fused-ring (bicyclic) bond motifs is 1. The molecule has 0 saturated carbocycles. The Morgan fingerprint density at radius 1 is 1.40 bits per heavy atom. The number of benzene rings is 1. The Morgan fingerprint density at radius 2 is 2.17 bits per heavy atom. The molecule has 1 saturated heterocycles. The molecule has 0 bridgehead atoms. The van der Waals surface area contributed by atoms with Gasteiger partial charge in [-0.1, -0.05) is 0 Å². The molecule has 0 amide bonds. The van der Waals surface area contributed by atoms with Crippen molar-refractivity contribution in [2.24, 2.45) is 0 Å². The van der Waals surface area contributed by atoms with E-state index in [4.69, 9.17) is 9.47 Å². The maximum absolute atomic E-state index is 12.7. The topological polar surface area (TPSA) is 129 Å². The van der Waals surface area contributed by atoms with Crippen molar-refractivity contribution in [1.82, 2.24) is 19.3 Å². The van der Waals surface area contributed by atoms with E-state index in [0.717, 1.165) is 11.9 Å². The molecule has 1 aliphatic rings. The second-order valence-electron chi connectivity index (χ2n) is 7.18. The van der Waals surface area contributed by atoms with E-state index in [1.54, 1.807) is 18.2 Å². The standard InChI is InChI=1S/C19H21BN4O6/c1-11-14(20(27)28)8-21-24(18(11)25)10-17-22-15-4-3-12(19(26)29-2)7-16(15)23(17)9-13-5-6-30-13/h3-4,7-8,13,27-28H,5-6,9-10H2,1-2H3/t13-/m0/s1. The number of imidazole rings is 1. The molecule has 30 heavy (non-hydrogen) atoms. The van der Waals surface area contributed by atoms with E-state index < -0.39 is 18.6 Å². The number of carbonyl (C=O) groups is 1. The molecule has 0 radical (unpaired) electrons. The highest BCUT2D eigenvalue weighted by Crippen LogP contribution is 2.23. The van der Waals surface area contributed by atoms with Crippen LogP contribution in [0.4, 0.5) is 0 Å². The highest BCUT2D eigenvalue weighted by atomic mass is 16.5. The van der Waals surface area contributed by atoms with Crippen molar-refractivity contribution < 1.29 is 24.3 Å². The lowest BCUT2D eigenvalue weighted by Gasteiger charge is -2.27. The van der Waals surface area contributed by atoms with Crippen LogP contribution in [0, 0.1) is 6.92 Å². The summed E-state index contributed by atoms with van der Waals surface area (Å²) in [7, 11) is -0.442. The van der Waals surface area contributed by atoms with E-state index in [9.17, 15) is 19.6 Å². The second-order valence-corrected chi connectivity index (χ2v) is 7.18. The quantitative estimate of drug-likeness (QED) is 0.398. The van der Waals surface area contributed by atoms with E-state index >= 15 is 0 Å². The van der Waals surface area contributed by atoms with Gasteiger partial charge in [-0.2, -0.15) is 5.10 Å². The molecule has 0 unspecified atom stereocenters. The highest BCUT2D eigenvalue weighted by Gasteiger charge is 2.24. The van der Waals surface area contributed by atoms with Gasteiger partial charge in [0.05, 0.1) is 36.4 Å². The summed E-state index contributed by atoms with van der Waals surface area (Å²) in [6.45, 7) is 2.82. The normalized spacial score (nSPS) is 15.8. The number of ether oxygens (including phenoxy) is 2. The van der Waals surface area contributed by atoms with Gasteiger partial charge in [0.15, 0.2) is 0 Å². The van der Waals surface area contributed by atoms with Crippen molar-refractivity contribution in [3.63, 3.8) is 0 Å². The largest absolute Gasteiger partial charge is 0.490 e. The lowest BCUT2D eigenvalue weighted by atomic mass is 9.79. The Morgan fingerprint density at radius 3 is 2.80 bits per heavy atom. The summed E-state index contributed by atoms with van der Waals surface area (Å²) in [5.41, 5.74) is 1.64. The van der Waals surface area contributed by atoms with E-state index in [0.29, 0.717) is 30.1 Å². The van der Waals surface area contributed by atoms with E-state index in [-0.39, 0.29) is 23.7 Å². The molecule has 156 valence electrons. The fraction of sp³-hybridized carbons (Fsp3) is 0.368. The number of methoxy groups -OCH3 is 1. The third kappa shape index (κ3) is 3.62. The first kappa shape index (κ1) is 20.3. The van der Waals surface area contributed by atoms with E-state index in [1.807, 2.05) is 4.57 Å². The number of rotatable bonds is 6. The summed E-state index contributed by atoms with van der Waals surface area (Å²) in [5, 5.41) is 22.8. The van der Waals surface area contributed by atoms with Crippen LogP contribution in [0.3, 0.4) is 0 Å². The first-order valence-electron chi connectivity index (χ1n) is 9.51. The third-order valence-electron chi connectivity index (χ3n) is 5.32. The fourth-order valence-electron chi connectivity index (χ4n) is 3.48. The van der Waals surface area contributed by atoms with Gasteiger partial charge in [0.25, 0.3) is 5.56 Å². The Kier molecular flexibility index (Phi) is 5.41. The van der Waals surface area contributed by atoms with Gasteiger partial charge in [-0.05, 0) is 31.5 Å². The van der Waals surface area contributed by atoms with Crippen LogP contribution in [0.15, 0.2) is 29.2 Å². The molecule has 2 N–H and O–H groups in total. The summed E-state index contributed by atoms with van der Waals surface area (Å²) in [6, 6.07) is 5.08. The average molecular weight is 412 g/mol. The van der Waals surface area contributed by atoms with Crippen LogP contribution in [-0.4, -0.2) is 62.3 Å². The molecule has 1 aliphatic heterocycles. The lowest BCUT2D eigenvalue weighted by molar-refractivity contribution is -0.0590.